The summed E-state index contributed by atoms with van der Waals surface area (Å²) in [7, 11) is 4.74. The number of anilines is 3. The summed E-state index contributed by atoms with van der Waals surface area (Å²) < 4.78 is 16.2. The fourth-order valence-electron chi connectivity index (χ4n) is 5.21. The van der Waals surface area contributed by atoms with E-state index >= 15 is 0 Å². The number of carbonyl (C=O) groups is 2. The van der Waals surface area contributed by atoms with Crippen LogP contribution in [0.4, 0.5) is 17.1 Å². The summed E-state index contributed by atoms with van der Waals surface area (Å²) in [6, 6.07) is 28.2. The van der Waals surface area contributed by atoms with Crippen molar-refractivity contribution >= 4 is 28.9 Å². The summed E-state index contributed by atoms with van der Waals surface area (Å²) >= 11 is 0. The van der Waals surface area contributed by atoms with Crippen LogP contribution in [0.2, 0.25) is 0 Å². The summed E-state index contributed by atoms with van der Waals surface area (Å²) in [5.41, 5.74) is 4.21. The molecule has 9 heteroatoms. The molecular weight excluding hydrogens is 544 g/mol. The Balaban J connectivity index is 1.38. The molecule has 0 aliphatic carbocycles. The van der Waals surface area contributed by atoms with Crippen molar-refractivity contribution in [2.45, 2.75) is 6.54 Å². The lowest BCUT2D eigenvalue weighted by molar-refractivity contribution is 0.0950. The number of nitrogens with zero attached hydrogens (tertiary/aromatic N) is 2. The lowest BCUT2D eigenvalue weighted by Crippen LogP contribution is -2.47. The van der Waals surface area contributed by atoms with Crippen molar-refractivity contribution in [2.75, 3.05) is 62.6 Å². The van der Waals surface area contributed by atoms with Crippen molar-refractivity contribution in [2.24, 2.45) is 0 Å². The van der Waals surface area contributed by atoms with Crippen molar-refractivity contribution in [3.63, 3.8) is 0 Å². The molecule has 0 saturated carbocycles. The molecule has 1 heterocycles. The Kier molecular flexibility index (Phi) is 9.31. The molecule has 1 saturated heterocycles. The van der Waals surface area contributed by atoms with Gasteiger partial charge in [-0.05, 0) is 48.0 Å². The number of carbonyl (C=O) groups excluding carboxylic acids is 2. The van der Waals surface area contributed by atoms with Crippen LogP contribution < -0.4 is 34.6 Å². The van der Waals surface area contributed by atoms with Gasteiger partial charge in [0.1, 0.15) is 17.2 Å². The van der Waals surface area contributed by atoms with Crippen LogP contribution in [0.5, 0.6) is 17.2 Å². The SMILES string of the molecule is COc1ccc(C(=O)Nc2ccc(N3CCN(c4ccccc4OC)CC3)c(C(=O)NCc3ccccc3)c2)c(OC)c1. The predicted octanol–water partition coefficient (Wildman–Crippen LogP) is 5.22. The first-order chi connectivity index (χ1) is 21.0. The molecule has 0 spiro atoms. The molecule has 2 amide bonds. The summed E-state index contributed by atoms with van der Waals surface area (Å²) in [5.74, 6) is 1.24. The minimum absolute atomic E-state index is 0.218. The lowest BCUT2D eigenvalue weighted by atomic mass is 10.1. The molecule has 2 N–H and O–H groups in total. The highest BCUT2D eigenvalue weighted by atomic mass is 16.5. The molecule has 0 bridgehead atoms. The first kappa shape index (κ1) is 29.3. The smallest absolute Gasteiger partial charge is 0.259 e. The Morgan fingerprint density at radius 3 is 2.02 bits per heavy atom. The van der Waals surface area contributed by atoms with Crippen LogP contribution >= 0.6 is 0 Å². The number of rotatable bonds is 10. The Bertz CT molecular complexity index is 1570. The van der Waals surface area contributed by atoms with E-state index < -0.39 is 0 Å². The van der Waals surface area contributed by atoms with Gasteiger partial charge in [-0.3, -0.25) is 9.59 Å². The van der Waals surface area contributed by atoms with Crippen molar-refractivity contribution in [3.8, 4) is 17.2 Å². The normalized spacial score (nSPS) is 12.8. The van der Waals surface area contributed by atoms with Gasteiger partial charge in [-0.1, -0.05) is 42.5 Å². The third-order valence-corrected chi connectivity index (χ3v) is 7.49. The van der Waals surface area contributed by atoms with Crippen molar-refractivity contribution in [1.82, 2.24) is 5.32 Å². The van der Waals surface area contributed by atoms with Crippen LogP contribution in [0.25, 0.3) is 0 Å². The second kappa shape index (κ2) is 13.7. The molecule has 0 atom stereocenters. The topological polar surface area (TPSA) is 92.4 Å². The number of nitrogens with one attached hydrogen (secondary N) is 2. The fraction of sp³-hybridized carbons (Fsp3) is 0.235. The van der Waals surface area contributed by atoms with Crippen molar-refractivity contribution < 1.29 is 23.8 Å². The zero-order valence-corrected chi connectivity index (χ0v) is 24.6. The van der Waals surface area contributed by atoms with Crippen LogP contribution in [0.3, 0.4) is 0 Å². The molecule has 0 unspecified atom stereocenters. The van der Waals surface area contributed by atoms with Gasteiger partial charge >= 0.3 is 0 Å². The molecule has 5 rings (SSSR count). The second-order valence-electron chi connectivity index (χ2n) is 10.1. The Morgan fingerprint density at radius 2 is 1.33 bits per heavy atom. The van der Waals surface area contributed by atoms with Gasteiger partial charge in [-0.15, -0.1) is 0 Å². The second-order valence-corrected chi connectivity index (χ2v) is 10.1. The van der Waals surface area contributed by atoms with E-state index in [4.69, 9.17) is 14.2 Å². The number of para-hydroxylation sites is 2. The first-order valence-electron chi connectivity index (χ1n) is 14.1. The number of hydrogen-bond donors (Lipinski definition) is 2. The zero-order valence-electron chi connectivity index (χ0n) is 24.6. The van der Waals surface area contributed by atoms with Gasteiger partial charge in [0.25, 0.3) is 11.8 Å². The van der Waals surface area contributed by atoms with Crippen molar-refractivity contribution in [1.29, 1.82) is 0 Å². The molecule has 9 nitrogen and oxygen atoms in total. The molecule has 1 aliphatic heterocycles. The zero-order chi connectivity index (χ0) is 30.2. The highest BCUT2D eigenvalue weighted by Crippen LogP contribution is 2.32. The highest BCUT2D eigenvalue weighted by molar-refractivity contribution is 6.08. The summed E-state index contributed by atoms with van der Waals surface area (Å²) in [6.45, 7) is 3.35. The number of piperazine rings is 1. The van der Waals surface area contributed by atoms with Crippen LogP contribution in [0, 0.1) is 0 Å². The van der Waals surface area contributed by atoms with Crippen LogP contribution in [-0.4, -0.2) is 59.3 Å². The van der Waals surface area contributed by atoms with Gasteiger partial charge in [0, 0.05) is 50.2 Å². The molecule has 4 aromatic rings. The van der Waals surface area contributed by atoms with E-state index in [-0.39, 0.29) is 11.8 Å². The minimum atomic E-state index is -0.353. The average molecular weight is 581 g/mol. The van der Waals surface area contributed by atoms with E-state index in [1.807, 2.05) is 60.7 Å². The van der Waals surface area contributed by atoms with Gasteiger partial charge in [0.05, 0.1) is 38.1 Å². The van der Waals surface area contributed by atoms with Crippen LogP contribution in [0.1, 0.15) is 26.3 Å². The predicted molar refractivity (Wildman–Crippen MR) is 169 cm³/mol. The maximum absolute atomic E-state index is 13.6. The van der Waals surface area contributed by atoms with Gasteiger partial charge < -0.3 is 34.6 Å². The molecular formula is C34H36N4O5. The largest absolute Gasteiger partial charge is 0.497 e. The molecule has 1 aliphatic rings. The van der Waals surface area contributed by atoms with E-state index in [2.05, 4.69) is 26.5 Å². The molecule has 43 heavy (non-hydrogen) atoms. The van der Waals surface area contributed by atoms with Gasteiger partial charge in [-0.2, -0.15) is 0 Å². The average Bonchev–Trinajstić information content (AvgIpc) is 3.07. The van der Waals surface area contributed by atoms with E-state index in [0.29, 0.717) is 47.9 Å². The maximum atomic E-state index is 13.6. The third kappa shape index (κ3) is 6.83. The number of hydrogen-bond acceptors (Lipinski definition) is 7. The molecule has 1 fully saturated rings. The minimum Gasteiger partial charge on any atom is -0.497 e. The van der Waals surface area contributed by atoms with E-state index in [1.54, 1.807) is 38.5 Å². The Morgan fingerprint density at radius 1 is 0.651 bits per heavy atom. The fourth-order valence-corrected chi connectivity index (χ4v) is 5.21. The monoisotopic (exact) mass is 580 g/mol. The van der Waals surface area contributed by atoms with Crippen LogP contribution in [-0.2, 0) is 6.54 Å². The van der Waals surface area contributed by atoms with Crippen LogP contribution in [0.15, 0.2) is 91.0 Å². The first-order valence-corrected chi connectivity index (χ1v) is 14.1. The van der Waals surface area contributed by atoms with E-state index in [9.17, 15) is 9.59 Å². The standard InChI is InChI=1S/C34H36N4O5/c1-41-26-14-15-27(32(22-26)43-3)34(40)36-25-13-16-29(28(21-25)33(39)35-23-24-9-5-4-6-10-24)37-17-19-38(20-18-37)30-11-7-8-12-31(30)42-2/h4-16,21-22H,17-20,23H2,1-3H3,(H,35,39)(H,36,40). The Labute approximate surface area is 252 Å². The van der Waals surface area contributed by atoms with E-state index in [0.717, 1.165) is 35.8 Å². The highest BCUT2D eigenvalue weighted by Gasteiger charge is 2.24. The molecule has 222 valence electrons. The van der Waals surface area contributed by atoms with Crippen molar-refractivity contribution in [3.05, 3.63) is 108 Å². The summed E-state index contributed by atoms with van der Waals surface area (Å²) in [6.07, 6.45) is 0. The molecule has 0 radical (unpaired) electrons. The summed E-state index contributed by atoms with van der Waals surface area (Å²) in [4.78, 5) is 31.4. The summed E-state index contributed by atoms with van der Waals surface area (Å²) in [5, 5.41) is 5.98. The van der Waals surface area contributed by atoms with Gasteiger partial charge in [0.2, 0.25) is 0 Å². The van der Waals surface area contributed by atoms with Gasteiger partial charge in [0.15, 0.2) is 0 Å². The van der Waals surface area contributed by atoms with Gasteiger partial charge in [-0.25, -0.2) is 0 Å². The molecule has 0 aromatic heterocycles. The number of ether oxygens (including phenoxy) is 3. The van der Waals surface area contributed by atoms with E-state index in [1.165, 1.54) is 7.11 Å². The molecule has 4 aromatic carbocycles. The number of methoxy groups -OCH3 is 3. The number of amides is 2. The quantitative estimate of drug-likeness (QED) is 0.266. The Hall–Kier alpha value is -5.18. The maximum Gasteiger partial charge on any atom is 0.259 e. The lowest BCUT2D eigenvalue weighted by Gasteiger charge is -2.38. The number of benzene rings is 4. The third-order valence-electron chi connectivity index (χ3n) is 7.49.